The molecule has 0 aliphatic carbocycles. The Balaban J connectivity index is 3.35. The van der Waals surface area contributed by atoms with Crippen LogP contribution in [0.15, 0.2) is 12.3 Å². The molecule has 0 bridgehead atoms. The number of rotatable bonds is 2. The summed E-state index contributed by atoms with van der Waals surface area (Å²) < 4.78 is 38.4. The van der Waals surface area contributed by atoms with E-state index in [0.29, 0.717) is 6.92 Å². The topological polar surface area (TPSA) is 50.2 Å². The first-order valence-corrected chi connectivity index (χ1v) is 3.60. The van der Waals surface area contributed by atoms with Gasteiger partial charge in [-0.25, -0.2) is 9.18 Å². The van der Waals surface area contributed by atoms with Crippen molar-refractivity contribution < 1.29 is 23.1 Å². The molecular weight excluding hydrogens is 199 g/mol. The van der Waals surface area contributed by atoms with Gasteiger partial charge in [-0.3, -0.25) is 4.98 Å². The van der Waals surface area contributed by atoms with Crippen LogP contribution < -0.4 is 0 Å². The second-order valence-corrected chi connectivity index (χ2v) is 2.71. The number of aromatic nitrogens is 1. The Bertz CT molecular complexity index is 373. The lowest BCUT2D eigenvalue weighted by Gasteiger charge is -2.10. The maximum Gasteiger partial charge on any atom is 0.338 e. The number of alkyl halides is 2. The fourth-order valence-corrected chi connectivity index (χ4v) is 0.915. The monoisotopic (exact) mass is 205 g/mol. The van der Waals surface area contributed by atoms with Gasteiger partial charge in [0, 0.05) is 13.1 Å². The molecule has 14 heavy (non-hydrogen) atoms. The number of carbonyl (C=O) groups is 1. The summed E-state index contributed by atoms with van der Waals surface area (Å²) in [4.78, 5) is 13.5. The van der Waals surface area contributed by atoms with Gasteiger partial charge in [-0.15, -0.1) is 0 Å². The van der Waals surface area contributed by atoms with Gasteiger partial charge in [-0.05, 0) is 6.07 Å². The summed E-state index contributed by atoms with van der Waals surface area (Å²) in [5, 5.41) is 8.44. The zero-order valence-electron chi connectivity index (χ0n) is 7.09. The van der Waals surface area contributed by atoms with Crippen LogP contribution >= 0.6 is 0 Å². The smallest absolute Gasteiger partial charge is 0.338 e. The lowest BCUT2D eigenvalue weighted by atomic mass is 10.1. The highest BCUT2D eigenvalue weighted by atomic mass is 19.3. The Morgan fingerprint density at radius 1 is 1.57 bits per heavy atom. The van der Waals surface area contributed by atoms with Crippen LogP contribution in [0.1, 0.15) is 23.0 Å². The lowest BCUT2D eigenvalue weighted by Crippen LogP contribution is -2.15. The van der Waals surface area contributed by atoms with Crippen molar-refractivity contribution in [2.24, 2.45) is 0 Å². The summed E-state index contributed by atoms with van der Waals surface area (Å²) in [7, 11) is 0. The normalized spacial score (nSPS) is 11.4. The Kier molecular flexibility index (Phi) is 2.46. The van der Waals surface area contributed by atoms with Gasteiger partial charge in [0.15, 0.2) is 5.82 Å². The van der Waals surface area contributed by atoms with E-state index in [4.69, 9.17) is 5.11 Å². The predicted octanol–water partition coefficient (Wildman–Crippen LogP) is 2.03. The molecule has 0 aromatic carbocycles. The molecule has 0 spiro atoms. The van der Waals surface area contributed by atoms with Gasteiger partial charge in [-0.1, -0.05) is 0 Å². The van der Waals surface area contributed by atoms with E-state index in [0.717, 1.165) is 12.3 Å². The third kappa shape index (κ3) is 1.84. The van der Waals surface area contributed by atoms with Crippen LogP contribution in [-0.4, -0.2) is 16.1 Å². The molecule has 0 saturated carbocycles. The van der Waals surface area contributed by atoms with Gasteiger partial charge in [-0.2, -0.15) is 8.78 Å². The molecule has 0 aliphatic heterocycles. The summed E-state index contributed by atoms with van der Waals surface area (Å²) >= 11 is 0. The van der Waals surface area contributed by atoms with Crippen LogP contribution in [0.5, 0.6) is 0 Å². The summed E-state index contributed by atoms with van der Waals surface area (Å²) in [5.41, 5.74) is -1.96. The SMILES string of the molecule is CC(F)(F)c1nccc(C(=O)O)c1F. The Morgan fingerprint density at radius 3 is 2.57 bits per heavy atom. The molecule has 0 saturated heterocycles. The van der Waals surface area contributed by atoms with E-state index in [-0.39, 0.29) is 0 Å². The van der Waals surface area contributed by atoms with Crippen molar-refractivity contribution in [3.05, 3.63) is 29.3 Å². The van der Waals surface area contributed by atoms with Gasteiger partial charge >= 0.3 is 5.97 Å². The van der Waals surface area contributed by atoms with Crippen LogP contribution in [0.2, 0.25) is 0 Å². The fraction of sp³-hybridized carbons (Fsp3) is 0.250. The van der Waals surface area contributed by atoms with Crippen LogP contribution in [-0.2, 0) is 5.92 Å². The molecule has 0 unspecified atom stereocenters. The highest BCUT2D eigenvalue weighted by Crippen LogP contribution is 2.28. The zero-order chi connectivity index (χ0) is 10.9. The maximum absolute atomic E-state index is 13.1. The third-order valence-electron chi connectivity index (χ3n) is 1.54. The zero-order valence-corrected chi connectivity index (χ0v) is 7.09. The van der Waals surface area contributed by atoms with Gasteiger partial charge in [0.2, 0.25) is 0 Å². The first kappa shape index (κ1) is 10.5. The number of carboxylic acids is 1. The van der Waals surface area contributed by atoms with Crippen molar-refractivity contribution in [3.8, 4) is 0 Å². The third-order valence-corrected chi connectivity index (χ3v) is 1.54. The molecule has 0 atom stereocenters. The molecule has 1 heterocycles. The van der Waals surface area contributed by atoms with Crippen LogP contribution in [0.4, 0.5) is 13.2 Å². The summed E-state index contributed by atoms with van der Waals surface area (Å²) in [6, 6.07) is 0.826. The average Bonchev–Trinajstić information content (AvgIpc) is 2.01. The number of pyridine rings is 1. The molecule has 1 aromatic heterocycles. The second kappa shape index (κ2) is 3.28. The van der Waals surface area contributed by atoms with E-state index in [2.05, 4.69) is 4.98 Å². The molecule has 0 aliphatic rings. The highest BCUT2D eigenvalue weighted by molar-refractivity contribution is 5.87. The maximum atomic E-state index is 13.1. The summed E-state index contributed by atoms with van der Waals surface area (Å²) in [6.45, 7) is 0.448. The van der Waals surface area contributed by atoms with E-state index in [1.807, 2.05) is 0 Å². The highest BCUT2D eigenvalue weighted by Gasteiger charge is 2.32. The Hall–Kier alpha value is -1.59. The number of hydrogen-bond acceptors (Lipinski definition) is 2. The van der Waals surface area contributed by atoms with Crippen LogP contribution in [0.3, 0.4) is 0 Å². The average molecular weight is 205 g/mol. The number of halogens is 3. The van der Waals surface area contributed by atoms with E-state index >= 15 is 0 Å². The van der Waals surface area contributed by atoms with E-state index in [1.54, 1.807) is 0 Å². The van der Waals surface area contributed by atoms with Crippen molar-refractivity contribution in [1.29, 1.82) is 0 Å². The molecule has 1 aromatic rings. The molecule has 3 nitrogen and oxygen atoms in total. The number of carboxylic acid groups (broad SMARTS) is 1. The fourth-order valence-electron chi connectivity index (χ4n) is 0.915. The number of aromatic carboxylic acids is 1. The summed E-state index contributed by atoms with van der Waals surface area (Å²) in [6.07, 6.45) is 0.833. The van der Waals surface area contributed by atoms with Crippen LogP contribution in [0.25, 0.3) is 0 Å². The predicted molar refractivity (Wildman–Crippen MR) is 40.7 cm³/mol. The van der Waals surface area contributed by atoms with Crippen molar-refractivity contribution >= 4 is 5.97 Å². The quantitative estimate of drug-likeness (QED) is 0.803. The van der Waals surface area contributed by atoms with Crippen LogP contribution in [0, 0.1) is 5.82 Å². The molecule has 76 valence electrons. The minimum absolute atomic E-state index is 0.448. The van der Waals surface area contributed by atoms with E-state index in [1.165, 1.54) is 0 Å². The minimum Gasteiger partial charge on any atom is -0.478 e. The van der Waals surface area contributed by atoms with E-state index < -0.39 is 29.0 Å². The van der Waals surface area contributed by atoms with Crippen molar-refractivity contribution in [2.45, 2.75) is 12.8 Å². The van der Waals surface area contributed by atoms with Crippen molar-refractivity contribution in [1.82, 2.24) is 4.98 Å². The largest absolute Gasteiger partial charge is 0.478 e. The Labute approximate surface area is 77.2 Å². The van der Waals surface area contributed by atoms with Gasteiger partial charge in [0.05, 0.1) is 5.56 Å². The molecule has 6 heteroatoms. The molecule has 1 rings (SSSR count). The molecule has 0 fully saturated rings. The number of hydrogen-bond donors (Lipinski definition) is 1. The second-order valence-electron chi connectivity index (χ2n) is 2.71. The summed E-state index contributed by atoms with van der Waals surface area (Å²) in [5.74, 6) is -6.59. The first-order chi connectivity index (χ1) is 6.34. The van der Waals surface area contributed by atoms with Gasteiger partial charge in [0.25, 0.3) is 5.92 Å². The number of nitrogens with zero attached hydrogens (tertiary/aromatic N) is 1. The lowest BCUT2D eigenvalue weighted by molar-refractivity contribution is 0.00856. The molecule has 0 radical (unpaired) electrons. The van der Waals surface area contributed by atoms with Gasteiger partial charge < -0.3 is 5.11 Å². The van der Waals surface area contributed by atoms with Gasteiger partial charge in [0.1, 0.15) is 5.69 Å². The molecular formula is C8H6F3NO2. The molecule has 0 amide bonds. The molecule has 1 N–H and O–H groups in total. The van der Waals surface area contributed by atoms with E-state index in [9.17, 15) is 18.0 Å². The standard InChI is InChI=1S/C8H6F3NO2/c1-8(10,11)6-5(9)4(7(13)14)2-3-12-6/h2-3H,1H3,(H,13,14). The van der Waals surface area contributed by atoms with Crippen molar-refractivity contribution in [3.63, 3.8) is 0 Å². The van der Waals surface area contributed by atoms with Crippen molar-refractivity contribution in [2.75, 3.05) is 0 Å². The Morgan fingerprint density at radius 2 is 2.14 bits per heavy atom. The first-order valence-electron chi connectivity index (χ1n) is 3.60. The minimum atomic E-state index is -3.49.